The minimum Gasteiger partial charge on any atom is -0.353 e. The molecule has 0 aromatic carbocycles. The number of urea groups is 1. The normalized spacial score (nSPS) is 19.3. The zero-order chi connectivity index (χ0) is 18.8. The number of amides is 2. The highest BCUT2D eigenvalue weighted by atomic mass is 16.2. The molecular weight excluding hydrogens is 342 g/mol. The highest BCUT2D eigenvalue weighted by Crippen LogP contribution is 2.29. The van der Waals surface area contributed by atoms with Crippen molar-refractivity contribution in [1.29, 1.82) is 5.26 Å². The number of hydrogen-bond donors (Lipinski definition) is 1. The molecule has 2 aromatic rings. The van der Waals surface area contributed by atoms with Gasteiger partial charge in [-0.15, -0.1) is 0 Å². The summed E-state index contributed by atoms with van der Waals surface area (Å²) in [6.45, 7) is 2.68. The first-order chi connectivity index (χ1) is 13.2. The van der Waals surface area contributed by atoms with E-state index in [1.54, 1.807) is 18.3 Å². The second-order valence-electron chi connectivity index (χ2n) is 7.05. The summed E-state index contributed by atoms with van der Waals surface area (Å²) in [6, 6.07) is 5.66. The van der Waals surface area contributed by atoms with E-state index in [2.05, 4.69) is 26.4 Å². The van der Waals surface area contributed by atoms with Crippen molar-refractivity contribution in [2.45, 2.75) is 25.3 Å². The van der Waals surface area contributed by atoms with Gasteiger partial charge < -0.3 is 15.1 Å². The number of aromatic nitrogens is 3. The summed E-state index contributed by atoms with van der Waals surface area (Å²) < 4.78 is 1.91. The Morgan fingerprint density at radius 3 is 2.93 bits per heavy atom. The molecule has 4 rings (SSSR count). The fourth-order valence-electron chi connectivity index (χ4n) is 3.90. The number of nitrogens with one attached hydrogen (secondary N) is 1. The van der Waals surface area contributed by atoms with Gasteiger partial charge in [0.25, 0.3) is 0 Å². The minimum absolute atomic E-state index is 0.0184. The van der Waals surface area contributed by atoms with Crippen molar-refractivity contribution in [3.05, 3.63) is 41.3 Å². The lowest BCUT2D eigenvalue weighted by Crippen LogP contribution is -2.52. The Morgan fingerprint density at radius 2 is 2.15 bits per heavy atom. The second kappa shape index (κ2) is 7.27. The first-order valence-corrected chi connectivity index (χ1v) is 9.33. The third-order valence-electron chi connectivity index (χ3n) is 5.44. The number of fused-ring (bicyclic) bond motifs is 1. The molecule has 1 N–H and O–H groups in total. The highest BCUT2D eigenvalue weighted by molar-refractivity contribution is 5.75. The van der Waals surface area contributed by atoms with Crippen LogP contribution in [0.3, 0.4) is 0 Å². The van der Waals surface area contributed by atoms with Crippen LogP contribution in [0.25, 0.3) is 0 Å². The number of nitrogens with zero attached hydrogens (tertiary/aromatic N) is 6. The van der Waals surface area contributed by atoms with Gasteiger partial charge in [-0.2, -0.15) is 10.4 Å². The van der Waals surface area contributed by atoms with Crippen LogP contribution in [-0.4, -0.2) is 51.9 Å². The maximum Gasteiger partial charge on any atom is 0.318 e. The molecule has 140 valence electrons. The van der Waals surface area contributed by atoms with Gasteiger partial charge in [0, 0.05) is 50.7 Å². The van der Waals surface area contributed by atoms with Gasteiger partial charge in [0.1, 0.15) is 5.82 Å². The van der Waals surface area contributed by atoms with Crippen molar-refractivity contribution in [3.63, 3.8) is 0 Å². The monoisotopic (exact) mass is 365 g/mol. The van der Waals surface area contributed by atoms with Crippen LogP contribution in [0.1, 0.15) is 35.7 Å². The van der Waals surface area contributed by atoms with Crippen LogP contribution >= 0.6 is 0 Å². The Labute approximate surface area is 158 Å². The van der Waals surface area contributed by atoms with Gasteiger partial charge in [-0.05, 0) is 31.4 Å². The SMILES string of the molecule is Cn1ncc2c1CCCC2NC(=O)N1CCN(c2cc(C#N)ccn2)CC1. The van der Waals surface area contributed by atoms with Crippen LogP contribution in [0.4, 0.5) is 10.6 Å². The summed E-state index contributed by atoms with van der Waals surface area (Å²) in [5.74, 6) is 0.793. The van der Waals surface area contributed by atoms with Crippen molar-refractivity contribution < 1.29 is 4.79 Å². The molecule has 8 heteroatoms. The number of rotatable bonds is 2. The molecule has 0 saturated carbocycles. The number of hydrogen-bond acceptors (Lipinski definition) is 5. The standard InChI is InChI=1S/C19H23N7O/c1-24-17-4-2-3-16(15(17)13-22-24)23-19(27)26-9-7-25(8-10-26)18-11-14(12-20)5-6-21-18/h5-6,11,13,16H,2-4,7-10H2,1H3,(H,23,27). The number of carbonyl (C=O) groups excluding carboxylic acids is 1. The summed E-state index contributed by atoms with van der Waals surface area (Å²) in [5, 5.41) is 16.6. The van der Waals surface area contributed by atoms with E-state index in [0.29, 0.717) is 31.7 Å². The number of pyridine rings is 1. The summed E-state index contributed by atoms with van der Waals surface area (Å²) in [4.78, 5) is 21.1. The van der Waals surface area contributed by atoms with Gasteiger partial charge in [0.15, 0.2) is 0 Å². The maximum absolute atomic E-state index is 12.7. The fourth-order valence-corrected chi connectivity index (χ4v) is 3.90. The van der Waals surface area contributed by atoms with Crippen molar-refractivity contribution in [3.8, 4) is 6.07 Å². The van der Waals surface area contributed by atoms with Gasteiger partial charge >= 0.3 is 6.03 Å². The zero-order valence-electron chi connectivity index (χ0n) is 15.4. The predicted octanol–water partition coefficient (Wildman–Crippen LogP) is 1.60. The van der Waals surface area contributed by atoms with E-state index in [-0.39, 0.29) is 12.1 Å². The minimum atomic E-state index is -0.0184. The summed E-state index contributed by atoms with van der Waals surface area (Å²) >= 11 is 0. The average molecular weight is 365 g/mol. The van der Waals surface area contributed by atoms with Gasteiger partial charge in [0.05, 0.1) is 23.9 Å². The maximum atomic E-state index is 12.7. The topological polar surface area (TPSA) is 90.1 Å². The Bertz CT molecular complexity index is 876. The third kappa shape index (κ3) is 3.45. The molecule has 2 aromatic heterocycles. The highest BCUT2D eigenvalue weighted by Gasteiger charge is 2.28. The van der Waals surface area contributed by atoms with Crippen LogP contribution < -0.4 is 10.2 Å². The summed E-state index contributed by atoms with van der Waals surface area (Å²) in [6.07, 6.45) is 6.57. The van der Waals surface area contributed by atoms with E-state index in [1.165, 1.54) is 5.69 Å². The van der Waals surface area contributed by atoms with E-state index in [0.717, 1.165) is 30.6 Å². The number of piperazine rings is 1. The molecule has 0 bridgehead atoms. The van der Waals surface area contributed by atoms with E-state index < -0.39 is 0 Å². The molecule has 0 radical (unpaired) electrons. The molecule has 1 aliphatic heterocycles. The molecule has 1 unspecified atom stereocenters. The van der Waals surface area contributed by atoms with Crippen molar-refractivity contribution in [2.24, 2.45) is 7.05 Å². The molecule has 1 saturated heterocycles. The lowest BCUT2D eigenvalue weighted by Gasteiger charge is -2.36. The van der Waals surface area contributed by atoms with Gasteiger partial charge in [-0.25, -0.2) is 9.78 Å². The van der Waals surface area contributed by atoms with E-state index >= 15 is 0 Å². The smallest absolute Gasteiger partial charge is 0.318 e. The fraction of sp³-hybridized carbons (Fsp3) is 0.474. The number of nitriles is 1. The molecule has 27 heavy (non-hydrogen) atoms. The zero-order valence-corrected chi connectivity index (χ0v) is 15.4. The number of anilines is 1. The predicted molar refractivity (Wildman–Crippen MR) is 100 cm³/mol. The third-order valence-corrected chi connectivity index (χ3v) is 5.44. The molecule has 1 aliphatic carbocycles. The number of carbonyl (C=O) groups is 1. The Kier molecular flexibility index (Phi) is 4.67. The number of aryl methyl sites for hydroxylation is 1. The van der Waals surface area contributed by atoms with Crippen molar-refractivity contribution >= 4 is 11.8 Å². The summed E-state index contributed by atoms with van der Waals surface area (Å²) in [7, 11) is 1.96. The lowest BCUT2D eigenvalue weighted by atomic mass is 9.93. The molecule has 2 amide bonds. The first kappa shape index (κ1) is 17.3. The quantitative estimate of drug-likeness (QED) is 0.873. The molecule has 1 fully saturated rings. The summed E-state index contributed by atoms with van der Waals surface area (Å²) in [5.41, 5.74) is 2.97. The van der Waals surface area contributed by atoms with Gasteiger partial charge in [-0.1, -0.05) is 0 Å². The molecule has 8 nitrogen and oxygen atoms in total. The van der Waals surface area contributed by atoms with Crippen LogP contribution in [0.5, 0.6) is 0 Å². The Balaban J connectivity index is 1.36. The molecule has 2 aliphatic rings. The average Bonchev–Trinajstić information content (AvgIpc) is 3.10. The van der Waals surface area contributed by atoms with Crippen LogP contribution in [-0.2, 0) is 13.5 Å². The van der Waals surface area contributed by atoms with E-state index in [1.807, 2.05) is 22.8 Å². The Morgan fingerprint density at radius 1 is 1.33 bits per heavy atom. The van der Waals surface area contributed by atoms with Crippen LogP contribution in [0.2, 0.25) is 0 Å². The van der Waals surface area contributed by atoms with E-state index in [4.69, 9.17) is 5.26 Å². The molecule has 1 atom stereocenters. The van der Waals surface area contributed by atoms with Gasteiger partial charge in [-0.3, -0.25) is 4.68 Å². The molecular formula is C19H23N7O. The van der Waals surface area contributed by atoms with Crippen molar-refractivity contribution in [1.82, 2.24) is 25.0 Å². The molecule has 0 spiro atoms. The Hall–Kier alpha value is -3.08. The second-order valence-corrected chi connectivity index (χ2v) is 7.05. The molecule has 3 heterocycles. The largest absolute Gasteiger partial charge is 0.353 e. The van der Waals surface area contributed by atoms with Crippen LogP contribution in [0, 0.1) is 11.3 Å². The van der Waals surface area contributed by atoms with Crippen molar-refractivity contribution in [2.75, 3.05) is 31.1 Å². The van der Waals surface area contributed by atoms with Crippen LogP contribution in [0.15, 0.2) is 24.5 Å². The van der Waals surface area contributed by atoms with Gasteiger partial charge in [0.2, 0.25) is 0 Å². The first-order valence-electron chi connectivity index (χ1n) is 9.33. The lowest BCUT2D eigenvalue weighted by molar-refractivity contribution is 0.188. The van der Waals surface area contributed by atoms with E-state index in [9.17, 15) is 4.79 Å².